The van der Waals surface area contributed by atoms with Crippen molar-refractivity contribution >= 4 is 124 Å². The Morgan fingerprint density at radius 1 is 0.519 bits per heavy atom. The van der Waals surface area contributed by atoms with Crippen LogP contribution in [0.1, 0.15) is 16.7 Å². The molecule has 0 saturated heterocycles. The van der Waals surface area contributed by atoms with Gasteiger partial charge in [0.2, 0.25) is 0 Å². The fourth-order valence-corrected chi connectivity index (χ4v) is 6.40. The number of hydrogen-bond acceptors (Lipinski definition) is 12. The summed E-state index contributed by atoms with van der Waals surface area (Å²) >= 11 is 0. The van der Waals surface area contributed by atoms with Crippen molar-refractivity contribution in [3.8, 4) is 23.0 Å². The van der Waals surface area contributed by atoms with Crippen LogP contribution in [0.3, 0.4) is 0 Å². The molecule has 256 valence electrons. The van der Waals surface area contributed by atoms with Crippen molar-refractivity contribution in [2.24, 2.45) is 20.5 Å². The minimum atomic E-state index is -4.58. The minimum absolute atomic E-state index is 0. The second-order valence-corrected chi connectivity index (χ2v) is 14.1. The number of rotatable bonds is 8. The van der Waals surface area contributed by atoms with Crippen LogP contribution < -0.4 is 0 Å². The van der Waals surface area contributed by atoms with Crippen LogP contribution in [-0.2, 0) is 26.7 Å². The molecule has 6 N–H and O–H groups in total. The molecular formula is C34H26N4Na2O10S2. The molecule has 0 unspecified atom stereocenters. The molecule has 0 aromatic heterocycles. The van der Waals surface area contributed by atoms with Gasteiger partial charge in [0.25, 0.3) is 20.2 Å². The van der Waals surface area contributed by atoms with Crippen LogP contribution in [0.25, 0.3) is 21.5 Å². The van der Waals surface area contributed by atoms with E-state index in [0.717, 1.165) is 41.0 Å². The number of phenols is 4. The van der Waals surface area contributed by atoms with E-state index in [2.05, 4.69) is 20.5 Å². The molecule has 6 aromatic rings. The predicted molar refractivity (Wildman–Crippen MR) is 194 cm³/mol. The third-order valence-electron chi connectivity index (χ3n) is 7.83. The molecule has 0 amide bonds. The van der Waals surface area contributed by atoms with Gasteiger partial charge in [-0.3, -0.25) is 9.11 Å². The molecule has 2 radical (unpaired) electrons. The van der Waals surface area contributed by atoms with Gasteiger partial charge in [-0.25, -0.2) is 0 Å². The van der Waals surface area contributed by atoms with Gasteiger partial charge >= 0.3 is 0 Å². The van der Waals surface area contributed by atoms with Crippen LogP contribution >= 0.6 is 0 Å². The number of azo groups is 2. The molecule has 14 nitrogen and oxygen atoms in total. The number of fused-ring (bicyclic) bond motifs is 2. The van der Waals surface area contributed by atoms with Gasteiger partial charge in [0.15, 0.2) is 0 Å². The molecule has 6 rings (SSSR count). The molecular weight excluding hydrogens is 735 g/mol. The van der Waals surface area contributed by atoms with Gasteiger partial charge in [-0.1, -0.05) is 30.3 Å². The molecule has 0 saturated carbocycles. The van der Waals surface area contributed by atoms with Gasteiger partial charge < -0.3 is 20.4 Å². The Morgan fingerprint density at radius 3 is 1.40 bits per heavy atom. The number of benzene rings is 6. The van der Waals surface area contributed by atoms with Crippen molar-refractivity contribution in [2.75, 3.05) is 0 Å². The van der Waals surface area contributed by atoms with Gasteiger partial charge in [0.1, 0.15) is 34.4 Å². The average molecular weight is 761 g/mol. The second-order valence-electron chi connectivity index (χ2n) is 11.3. The molecule has 0 fully saturated rings. The van der Waals surface area contributed by atoms with E-state index in [1.807, 2.05) is 25.1 Å². The molecule has 52 heavy (non-hydrogen) atoms. The van der Waals surface area contributed by atoms with Crippen LogP contribution in [0.4, 0.5) is 22.7 Å². The standard InChI is InChI=1S/C34H26N4O10S2.2Na/c1-18-12-24(36-38-34-28(40)11-6-22-15-26(50(46,47)48)17-30(42)32(22)34)9-4-20(18)13-19-2-7-23(8-3-19)35-37-33-27(39)10-5-21-14-25(49(43,44)45)16-29(41)31(21)33;;/h2-12,14-17,39-42H,13H2,1H3,(H,43,44,45)(H,46,47,48);;. The third kappa shape index (κ3) is 8.80. The first-order chi connectivity index (χ1) is 23.6. The first-order valence-electron chi connectivity index (χ1n) is 14.5. The summed E-state index contributed by atoms with van der Waals surface area (Å²) in [6.45, 7) is 1.89. The van der Waals surface area contributed by atoms with Crippen molar-refractivity contribution in [1.82, 2.24) is 0 Å². The van der Waals surface area contributed by atoms with Crippen LogP contribution in [-0.4, -0.2) is 105 Å². The van der Waals surface area contributed by atoms with Crippen molar-refractivity contribution in [3.63, 3.8) is 0 Å². The maximum Gasteiger partial charge on any atom is 0.294 e. The molecule has 0 heterocycles. The Bertz CT molecular complexity index is 2640. The predicted octanol–water partition coefficient (Wildman–Crippen LogP) is 7.28. The van der Waals surface area contributed by atoms with Crippen LogP contribution in [0.5, 0.6) is 23.0 Å². The Hall–Kier alpha value is -3.94. The van der Waals surface area contributed by atoms with E-state index in [9.17, 15) is 46.4 Å². The summed E-state index contributed by atoms with van der Waals surface area (Å²) < 4.78 is 64.9. The quantitative estimate of drug-likeness (QED) is 0.0515. The van der Waals surface area contributed by atoms with E-state index in [4.69, 9.17) is 0 Å². The maximum absolute atomic E-state index is 11.6. The zero-order valence-electron chi connectivity index (χ0n) is 27.8. The topological polar surface area (TPSA) is 239 Å². The Kier molecular flexibility index (Phi) is 12.5. The second kappa shape index (κ2) is 16.0. The smallest absolute Gasteiger partial charge is 0.294 e. The SMILES string of the molecule is Cc1cc(N=Nc2c(O)ccc3cc(S(=O)(=O)O)cc(O)c23)ccc1Cc1ccc(N=Nc2c(O)ccc3cc(S(=O)(=O)O)cc(O)c23)cc1.[Na].[Na]. The first kappa shape index (κ1) is 40.8. The summed E-state index contributed by atoms with van der Waals surface area (Å²) in [6.07, 6.45) is 0.544. The van der Waals surface area contributed by atoms with E-state index in [1.54, 1.807) is 24.3 Å². The number of aryl methyl sites for hydroxylation is 1. The minimum Gasteiger partial charge on any atom is -0.507 e. The zero-order chi connectivity index (χ0) is 36.0. The molecule has 0 bridgehead atoms. The first-order valence-corrected chi connectivity index (χ1v) is 17.4. The van der Waals surface area contributed by atoms with Gasteiger partial charge in [-0.15, -0.1) is 10.2 Å². The molecule has 6 aromatic carbocycles. The fraction of sp³-hybridized carbons (Fsp3) is 0.0588. The number of aromatic hydroxyl groups is 4. The van der Waals surface area contributed by atoms with Crippen LogP contribution in [0, 0.1) is 6.92 Å². The molecule has 0 aliphatic rings. The normalized spacial score (nSPS) is 12.0. The fourth-order valence-electron chi connectivity index (χ4n) is 5.33. The van der Waals surface area contributed by atoms with Crippen molar-refractivity contribution in [2.45, 2.75) is 23.1 Å². The summed E-state index contributed by atoms with van der Waals surface area (Å²) in [5, 5.41) is 58.9. The largest absolute Gasteiger partial charge is 0.507 e. The van der Waals surface area contributed by atoms with Gasteiger partial charge in [0.05, 0.1) is 31.9 Å². The Morgan fingerprint density at radius 2 is 0.962 bits per heavy atom. The monoisotopic (exact) mass is 760 g/mol. The average Bonchev–Trinajstić information content (AvgIpc) is 3.05. The summed E-state index contributed by atoms with van der Waals surface area (Å²) in [4.78, 5) is -1.02. The Labute approximate surface area is 341 Å². The number of nitrogens with zero attached hydrogens (tertiary/aromatic N) is 4. The molecule has 0 aliphatic heterocycles. The maximum atomic E-state index is 11.6. The van der Waals surface area contributed by atoms with E-state index in [0.29, 0.717) is 17.8 Å². The number of hydrogen-bond donors (Lipinski definition) is 6. The van der Waals surface area contributed by atoms with Crippen LogP contribution in [0.15, 0.2) is 121 Å². The summed E-state index contributed by atoms with van der Waals surface area (Å²) in [5.74, 6) is -1.62. The van der Waals surface area contributed by atoms with Gasteiger partial charge in [-0.2, -0.15) is 27.1 Å². The summed E-state index contributed by atoms with van der Waals surface area (Å²) in [7, 11) is -9.15. The molecule has 0 spiro atoms. The van der Waals surface area contributed by atoms with Gasteiger partial charge in [0, 0.05) is 71.2 Å². The third-order valence-corrected chi connectivity index (χ3v) is 9.49. The van der Waals surface area contributed by atoms with Crippen molar-refractivity contribution in [1.29, 1.82) is 0 Å². The van der Waals surface area contributed by atoms with E-state index in [1.165, 1.54) is 24.3 Å². The summed E-state index contributed by atoms with van der Waals surface area (Å²) in [5.41, 5.74) is 3.51. The van der Waals surface area contributed by atoms with E-state index >= 15 is 0 Å². The van der Waals surface area contributed by atoms with E-state index < -0.39 is 41.5 Å². The molecule has 0 atom stereocenters. The summed E-state index contributed by atoms with van der Waals surface area (Å²) in [6, 6.07) is 21.7. The van der Waals surface area contributed by atoms with Gasteiger partial charge in [-0.05, 0) is 89.3 Å². The van der Waals surface area contributed by atoms with E-state index in [-0.39, 0.29) is 104 Å². The van der Waals surface area contributed by atoms with Crippen LogP contribution in [0.2, 0.25) is 0 Å². The molecule has 0 aliphatic carbocycles. The Balaban J connectivity index is 0.00000302. The zero-order valence-corrected chi connectivity index (χ0v) is 33.4. The van der Waals surface area contributed by atoms with Crippen molar-refractivity contribution < 1.29 is 46.4 Å². The number of phenolic OH excluding ortho intramolecular Hbond substituents is 4. The molecule has 18 heteroatoms. The van der Waals surface area contributed by atoms with Crippen molar-refractivity contribution in [3.05, 3.63) is 108 Å².